The van der Waals surface area contributed by atoms with Crippen molar-refractivity contribution >= 4 is 27.5 Å². The highest BCUT2D eigenvalue weighted by molar-refractivity contribution is 9.10. The van der Waals surface area contributed by atoms with Crippen molar-refractivity contribution in [3.05, 3.63) is 76.3 Å². The molecule has 0 unspecified atom stereocenters. The van der Waals surface area contributed by atoms with Crippen LogP contribution in [0.2, 0.25) is 0 Å². The van der Waals surface area contributed by atoms with Crippen LogP contribution in [0.25, 0.3) is 0 Å². The molecule has 0 aliphatic heterocycles. The second kappa shape index (κ2) is 10.9. The van der Waals surface area contributed by atoms with Gasteiger partial charge in [0.15, 0.2) is 11.5 Å². The van der Waals surface area contributed by atoms with Gasteiger partial charge in [-0.15, -0.1) is 0 Å². The number of carbonyl (C=O) groups is 1. The van der Waals surface area contributed by atoms with Gasteiger partial charge in [0, 0.05) is 11.3 Å². The van der Waals surface area contributed by atoms with E-state index >= 15 is 0 Å². The van der Waals surface area contributed by atoms with E-state index in [-0.39, 0.29) is 5.91 Å². The number of rotatable bonds is 9. The minimum Gasteiger partial charge on any atom is -0.490 e. The molecule has 0 aliphatic carbocycles. The first-order chi connectivity index (χ1) is 15.0. The average Bonchev–Trinajstić information content (AvgIpc) is 2.74. The molecule has 3 rings (SSSR count). The summed E-state index contributed by atoms with van der Waals surface area (Å²) in [7, 11) is 0. The number of aryl methyl sites for hydroxylation is 1. The van der Waals surface area contributed by atoms with Gasteiger partial charge in [-0.25, -0.2) is 0 Å². The number of hydrogen-bond donors (Lipinski definition) is 1. The summed E-state index contributed by atoms with van der Waals surface area (Å²) in [5.41, 5.74) is 2.27. The summed E-state index contributed by atoms with van der Waals surface area (Å²) in [4.78, 5) is 12.8. The Bertz CT molecular complexity index is 1030. The fourth-order valence-electron chi connectivity index (χ4n) is 2.93. The fraction of sp³-hybridized carbons (Fsp3) is 0.240. The molecule has 1 amide bonds. The topological polar surface area (TPSA) is 56.8 Å². The lowest BCUT2D eigenvalue weighted by molar-refractivity contribution is 0.102. The van der Waals surface area contributed by atoms with E-state index in [1.165, 1.54) is 0 Å². The van der Waals surface area contributed by atoms with Crippen molar-refractivity contribution in [1.82, 2.24) is 0 Å². The van der Waals surface area contributed by atoms with Gasteiger partial charge in [0.2, 0.25) is 0 Å². The van der Waals surface area contributed by atoms with E-state index in [1.54, 1.807) is 24.3 Å². The third-order valence-corrected chi connectivity index (χ3v) is 4.95. The summed E-state index contributed by atoms with van der Waals surface area (Å²) in [6.07, 6.45) is 0.879. The zero-order chi connectivity index (χ0) is 22.2. The number of ether oxygens (including phenoxy) is 3. The molecule has 0 saturated carbocycles. The second-order valence-electron chi connectivity index (χ2n) is 6.96. The van der Waals surface area contributed by atoms with Crippen LogP contribution in [0.1, 0.15) is 36.2 Å². The molecule has 0 bridgehead atoms. The molecular formula is C25H26BrNO4. The lowest BCUT2D eigenvalue weighted by atomic mass is 10.1. The van der Waals surface area contributed by atoms with Gasteiger partial charge >= 0.3 is 0 Å². The molecule has 0 spiro atoms. The van der Waals surface area contributed by atoms with Crippen molar-refractivity contribution in [3.8, 4) is 23.0 Å². The minimum atomic E-state index is -0.240. The first kappa shape index (κ1) is 22.7. The monoisotopic (exact) mass is 483 g/mol. The highest BCUT2D eigenvalue weighted by atomic mass is 79.9. The second-order valence-corrected chi connectivity index (χ2v) is 7.82. The molecule has 0 aliphatic rings. The molecule has 5 nitrogen and oxygen atoms in total. The van der Waals surface area contributed by atoms with Gasteiger partial charge in [0.25, 0.3) is 5.91 Å². The molecule has 0 heterocycles. The van der Waals surface area contributed by atoms with E-state index in [9.17, 15) is 4.79 Å². The van der Waals surface area contributed by atoms with E-state index in [2.05, 4.69) is 21.2 Å². The molecule has 0 fully saturated rings. The zero-order valence-electron chi connectivity index (χ0n) is 17.9. The Kier molecular flexibility index (Phi) is 7.95. The maximum atomic E-state index is 12.8. The van der Waals surface area contributed by atoms with Gasteiger partial charge in [-0.05, 0) is 90.3 Å². The predicted molar refractivity (Wildman–Crippen MR) is 127 cm³/mol. The molecule has 3 aromatic carbocycles. The van der Waals surface area contributed by atoms with E-state index in [4.69, 9.17) is 14.2 Å². The van der Waals surface area contributed by atoms with Crippen molar-refractivity contribution in [3.63, 3.8) is 0 Å². The summed E-state index contributed by atoms with van der Waals surface area (Å²) >= 11 is 3.50. The standard InChI is InChI=1S/C25H26BrNO4/c1-4-13-30-24-22(26)15-18(16-23(24)29-5-2)25(28)27-19-9-11-20(12-10-19)31-21-8-6-7-17(3)14-21/h6-12,14-16H,4-5,13H2,1-3H3,(H,27,28). The summed E-state index contributed by atoms with van der Waals surface area (Å²) < 4.78 is 18.0. The van der Waals surface area contributed by atoms with Crippen molar-refractivity contribution in [2.24, 2.45) is 0 Å². The number of amides is 1. The molecule has 162 valence electrons. The normalized spacial score (nSPS) is 10.5. The van der Waals surface area contributed by atoms with E-state index in [1.807, 2.05) is 57.2 Å². The van der Waals surface area contributed by atoms with Crippen LogP contribution >= 0.6 is 15.9 Å². The SMILES string of the molecule is CCCOc1c(Br)cc(C(=O)Nc2ccc(Oc3cccc(C)c3)cc2)cc1OCC. The summed E-state index contributed by atoms with van der Waals surface area (Å²) in [6, 6.07) is 18.5. The Morgan fingerprint density at radius 1 is 0.968 bits per heavy atom. The molecule has 1 N–H and O–H groups in total. The van der Waals surface area contributed by atoms with Crippen LogP contribution in [0.15, 0.2) is 65.1 Å². The Labute approximate surface area is 191 Å². The smallest absolute Gasteiger partial charge is 0.255 e. The van der Waals surface area contributed by atoms with Crippen molar-refractivity contribution in [1.29, 1.82) is 0 Å². The largest absolute Gasteiger partial charge is 0.490 e. The van der Waals surface area contributed by atoms with Crippen LogP contribution in [0.5, 0.6) is 23.0 Å². The van der Waals surface area contributed by atoms with Gasteiger partial charge in [-0.3, -0.25) is 4.79 Å². The third kappa shape index (κ3) is 6.25. The molecular weight excluding hydrogens is 458 g/mol. The molecule has 0 aromatic heterocycles. The summed E-state index contributed by atoms with van der Waals surface area (Å²) in [5, 5.41) is 2.91. The average molecular weight is 484 g/mol. The minimum absolute atomic E-state index is 0.240. The van der Waals surface area contributed by atoms with Crippen molar-refractivity contribution < 1.29 is 19.0 Å². The molecule has 0 radical (unpaired) electrons. The lowest BCUT2D eigenvalue weighted by Gasteiger charge is -2.15. The number of benzene rings is 3. The first-order valence-corrected chi connectivity index (χ1v) is 11.0. The quantitative estimate of drug-likeness (QED) is 0.356. The van der Waals surface area contributed by atoms with Gasteiger partial charge in [-0.2, -0.15) is 0 Å². The van der Waals surface area contributed by atoms with Gasteiger partial charge < -0.3 is 19.5 Å². The van der Waals surface area contributed by atoms with E-state index < -0.39 is 0 Å². The molecule has 31 heavy (non-hydrogen) atoms. The highest BCUT2D eigenvalue weighted by Crippen LogP contribution is 2.37. The maximum Gasteiger partial charge on any atom is 0.255 e. The Hall–Kier alpha value is -2.99. The molecule has 0 saturated heterocycles. The van der Waals surface area contributed by atoms with E-state index in [0.29, 0.717) is 46.2 Å². The molecule has 0 atom stereocenters. The number of nitrogens with one attached hydrogen (secondary N) is 1. The Morgan fingerprint density at radius 3 is 2.42 bits per heavy atom. The van der Waals surface area contributed by atoms with Gasteiger partial charge in [0.05, 0.1) is 17.7 Å². The van der Waals surface area contributed by atoms with Crippen LogP contribution in [0, 0.1) is 6.92 Å². The third-order valence-electron chi connectivity index (χ3n) is 4.36. The number of hydrogen-bond acceptors (Lipinski definition) is 4. The van der Waals surface area contributed by atoms with Gasteiger partial charge in [0.1, 0.15) is 11.5 Å². The van der Waals surface area contributed by atoms with Crippen molar-refractivity contribution in [2.75, 3.05) is 18.5 Å². The number of halogens is 1. The number of anilines is 1. The Morgan fingerprint density at radius 2 is 1.74 bits per heavy atom. The Balaban J connectivity index is 1.72. The van der Waals surface area contributed by atoms with Gasteiger partial charge in [-0.1, -0.05) is 19.1 Å². The van der Waals surface area contributed by atoms with Crippen molar-refractivity contribution in [2.45, 2.75) is 27.2 Å². The van der Waals surface area contributed by atoms with E-state index in [0.717, 1.165) is 17.7 Å². The maximum absolute atomic E-state index is 12.8. The molecule has 3 aromatic rings. The fourth-order valence-corrected chi connectivity index (χ4v) is 3.49. The first-order valence-electron chi connectivity index (χ1n) is 10.2. The summed E-state index contributed by atoms with van der Waals surface area (Å²) in [6.45, 7) is 6.99. The van der Waals surface area contributed by atoms with Crippen LogP contribution in [-0.2, 0) is 0 Å². The van der Waals surface area contributed by atoms with Crippen LogP contribution in [0.4, 0.5) is 5.69 Å². The van der Waals surface area contributed by atoms with Crippen LogP contribution in [0.3, 0.4) is 0 Å². The molecule has 6 heteroatoms. The highest BCUT2D eigenvalue weighted by Gasteiger charge is 2.16. The predicted octanol–water partition coefficient (Wildman–Crippen LogP) is 6.99. The number of carbonyl (C=O) groups excluding carboxylic acids is 1. The lowest BCUT2D eigenvalue weighted by Crippen LogP contribution is -2.12. The van der Waals surface area contributed by atoms with Crippen LogP contribution in [-0.4, -0.2) is 19.1 Å². The van der Waals surface area contributed by atoms with Crippen LogP contribution < -0.4 is 19.5 Å². The summed E-state index contributed by atoms with van der Waals surface area (Å²) in [5.74, 6) is 2.38. The zero-order valence-corrected chi connectivity index (χ0v) is 19.5.